The Labute approximate surface area is 140 Å². The zero-order valence-electron chi connectivity index (χ0n) is 13.7. The van der Waals surface area contributed by atoms with Gasteiger partial charge in [0.2, 0.25) is 11.7 Å². The van der Waals surface area contributed by atoms with Crippen molar-refractivity contribution in [2.45, 2.75) is 38.9 Å². The molecule has 3 aromatic heterocycles. The molecule has 0 spiro atoms. The Kier molecular flexibility index (Phi) is 4.08. The van der Waals surface area contributed by atoms with Crippen LogP contribution in [-0.4, -0.2) is 42.4 Å². The number of rotatable bonds is 5. The second-order valence-corrected chi connectivity index (χ2v) is 6.26. The summed E-state index contributed by atoms with van der Waals surface area (Å²) in [5.41, 5.74) is 2.06. The molecule has 0 N–H and O–H groups in total. The SMILES string of the molecule is Cc1cnn(C[C@H]2CCCN2Cc2nc(-c3cccnc3)no2)c1. The van der Waals surface area contributed by atoms with Crippen LogP contribution >= 0.6 is 0 Å². The summed E-state index contributed by atoms with van der Waals surface area (Å²) in [5.74, 6) is 1.24. The third kappa shape index (κ3) is 3.21. The predicted molar refractivity (Wildman–Crippen MR) is 87.9 cm³/mol. The molecule has 1 fully saturated rings. The van der Waals surface area contributed by atoms with Crippen LogP contribution in [0.3, 0.4) is 0 Å². The second kappa shape index (κ2) is 6.52. The summed E-state index contributed by atoms with van der Waals surface area (Å²) in [6.07, 6.45) is 9.82. The topological polar surface area (TPSA) is 72.9 Å². The Hall–Kier alpha value is -2.54. The minimum absolute atomic E-state index is 0.457. The van der Waals surface area contributed by atoms with Gasteiger partial charge in [-0.05, 0) is 44.0 Å². The summed E-state index contributed by atoms with van der Waals surface area (Å²) in [6, 6.07) is 4.26. The van der Waals surface area contributed by atoms with Gasteiger partial charge in [-0.15, -0.1) is 0 Å². The molecular weight excluding hydrogens is 304 g/mol. The van der Waals surface area contributed by atoms with Crippen LogP contribution in [-0.2, 0) is 13.1 Å². The lowest BCUT2D eigenvalue weighted by Crippen LogP contribution is -2.32. The Morgan fingerprint density at radius 1 is 1.33 bits per heavy atom. The summed E-state index contributed by atoms with van der Waals surface area (Å²) in [6.45, 7) is 4.69. The van der Waals surface area contributed by atoms with Gasteiger partial charge in [-0.2, -0.15) is 10.1 Å². The molecule has 0 bridgehead atoms. The van der Waals surface area contributed by atoms with Crippen molar-refractivity contribution in [1.82, 2.24) is 29.8 Å². The van der Waals surface area contributed by atoms with Gasteiger partial charge in [-0.25, -0.2) is 0 Å². The van der Waals surface area contributed by atoms with E-state index >= 15 is 0 Å². The highest BCUT2D eigenvalue weighted by molar-refractivity contribution is 5.51. The van der Waals surface area contributed by atoms with Crippen molar-refractivity contribution >= 4 is 0 Å². The Bertz CT molecular complexity index is 796. The van der Waals surface area contributed by atoms with Crippen LogP contribution in [0.5, 0.6) is 0 Å². The molecule has 124 valence electrons. The van der Waals surface area contributed by atoms with E-state index < -0.39 is 0 Å². The van der Waals surface area contributed by atoms with Crippen molar-refractivity contribution in [1.29, 1.82) is 0 Å². The van der Waals surface area contributed by atoms with Crippen molar-refractivity contribution in [2.24, 2.45) is 0 Å². The molecule has 0 amide bonds. The van der Waals surface area contributed by atoms with Crippen LogP contribution in [0.25, 0.3) is 11.4 Å². The largest absolute Gasteiger partial charge is 0.338 e. The zero-order chi connectivity index (χ0) is 16.4. The van der Waals surface area contributed by atoms with Crippen LogP contribution < -0.4 is 0 Å². The third-order valence-corrected chi connectivity index (χ3v) is 4.39. The maximum Gasteiger partial charge on any atom is 0.241 e. The quantitative estimate of drug-likeness (QED) is 0.717. The summed E-state index contributed by atoms with van der Waals surface area (Å²) < 4.78 is 7.45. The lowest BCUT2D eigenvalue weighted by atomic mass is 10.2. The van der Waals surface area contributed by atoms with Gasteiger partial charge in [0.15, 0.2) is 0 Å². The molecule has 1 aliphatic heterocycles. The molecule has 3 aromatic rings. The number of nitrogens with zero attached hydrogens (tertiary/aromatic N) is 6. The first-order chi connectivity index (χ1) is 11.8. The van der Waals surface area contributed by atoms with E-state index in [1.54, 1.807) is 12.4 Å². The molecule has 0 saturated carbocycles. The maximum absolute atomic E-state index is 5.43. The number of hydrogen-bond acceptors (Lipinski definition) is 6. The van der Waals surface area contributed by atoms with Crippen LogP contribution in [0.15, 0.2) is 41.4 Å². The standard InChI is InChI=1S/C17H20N6O/c1-13-8-19-23(10-13)11-15-5-3-7-22(15)12-16-20-17(21-24-16)14-4-2-6-18-9-14/h2,4,6,8-10,15H,3,5,7,11-12H2,1H3/t15-/m1/s1. The van der Waals surface area contributed by atoms with E-state index in [9.17, 15) is 0 Å². The lowest BCUT2D eigenvalue weighted by Gasteiger charge is -2.22. The molecular formula is C17H20N6O. The van der Waals surface area contributed by atoms with E-state index in [-0.39, 0.29) is 0 Å². The van der Waals surface area contributed by atoms with E-state index in [0.29, 0.717) is 24.3 Å². The lowest BCUT2D eigenvalue weighted by molar-refractivity contribution is 0.192. The Balaban J connectivity index is 1.43. The van der Waals surface area contributed by atoms with Crippen LogP contribution in [0.4, 0.5) is 0 Å². The van der Waals surface area contributed by atoms with Gasteiger partial charge in [0.05, 0.1) is 19.3 Å². The average Bonchev–Trinajstić information content (AvgIpc) is 3.32. The number of aryl methyl sites for hydroxylation is 1. The fraction of sp³-hybridized carbons (Fsp3) is 0.412. The highest BCUT2D eigenvalue weighted by Crippen LogP contribution is 2.22. The molecule has 0 unspecified atom stereocenters. The van der Waals surface area contributed by atoms with Crippen LogP contribution in [0.1, 0.15) is 24.3 Å². The highest BCUT2D eigenvalue weighted by atomic mass is 16.5. The van der Waals surface area contributed by atoms with E-state index in [4.69, 9.17) is 4.52 Å². The van der Waals surface area contributed by atoms with E-state index in [0.717, 1.165) is 18.7 Å². The van der Waals surface area contributed by atoms with Gasteiger partial charge in [-0.3, -0.25) is 14.6 Å². The minimum atomic E-state index is 0.457. The highest BCUT2D eigenvalue weighted by Gasteiger charge is 2.26. The first kappa shape index (κ1) is 15.0. The number of pyridine rings is 1. The van der Waals surface area contributed by atoms with E-state index in [2.05, 4.69) is 38.2 Å². The van der Waals surface area contributed by atoms with Gasteiger partial charge < -0.3 is 4.52 Å². The monoisotopic (exact) mass is 324 g/mol. The fourth-order valence-corrected chi connectivity index (χ4v) is 3.20. The smallest absolute Gasteiger partial charge is 0.241 e. The Morgan fingerprint density at radius 2 is 2.29 bits per heavy atom. The summed E-state index contributed by atoms with van der Waals surface area (Å²) in [5, 5.41) is 8.47. The first-order valence-electron chi connectivity index (χ1n) is 8.24. The van der Waals surface area contributed by atoms with Gasteiger partial charge in [0.1, 0.15) is 0 Å². The molecule has 24 heavy (non-hydrogen) atoms. The zero-order valence-corrected chi connectivity index (χ0v) is 13.7. The first-order valence-corrected chi connectivity index (χ1v) is 8.24. The van der Waals surface area contributed by atoms with E-state index in [1.165, 1.54) is 18.4 Å². The van der Waals surface area contributed by atoms with Gasteiger partial charge in [0.25, 0.3) is 0 Å². The molecule has 7 nitrogen and oxygen atoms in total. The molecule has 4 rings (SSSR count). The summed E-state index contributed by atoms with van der Waals surface area (Å²) >= 11 is 0. The molecule has 7 heteroatoms. The van der Waals surface area contributed by atoms with Crippen LogP contribution in [0.2, 0.25) is 0 Å². The van der Waals surface area contributed by atoms with Crippen molar-refractivity contribution in [3.8, 4) is 11.4 Å². The molecule has 1 aliphatic rings. The fourth-order valence-electron chi connectivity index (χ4n) is 3.20. The predicted octanol–water partition coefficient (Wildman–Crippen LogP) is 2.30. The van der Waals surface area contributed by atoms with Crippen molar-refractivity contribution in [3.05, 3.63) is 48.4 Å². The summed E-state index contributed by atoms with van der Waals surface area (Å²) in [7, 11) is 0. The minimum Gasteiger partial charge on any atom is -0.338 e. The van der Waals surface area contributed by atoms with Gasteiger partial charge in [0, 0.05) is 30.2 Å². The number of hydrogen-bond donors (Lipinski definition) is 0. The number of aromatic nitrogens is 5. The van der Waals surface area contributed by atoms with Gasteiger partial charge in [-0.1, -0.05) is 5.16 Å². The third-order valence-electron chi connectivity index (χ3n) is 4.39. The second-order valence-electron chi connectivity index (χ2n) is 6.26. The number of likely N-dealkylation sites (tertiary alicyclic amines) is 1. The summed E-state index contributed by atoms with van der Waals surface area (Å²) in [4.78, 5) is 11.0. The van der Waals surface area contributed by atoms with Crippen LogP contribution in [0, 0.1) is 6.92 Å². The van der Waals surface area contributed by atoms with Gasteiger partial charge >= 0.3 is 0 Å². The maximum atomic E-state index is 5.43. The molecule has 1 saturated heterocycles. The van der Waals surface area contributed by atoms with Crippen molar-refractivity contribution in [2.75, 3.05) is 6.54 Å². The molecule has 1 atom stereocenters. The van der Waals surface area contributed by atoms with Crippen molar-refractivity contribution < 1.29 is 4.52 Å². The average molecular weight is 324 g/mol. The van der Waals surface area contributed by atoms with E-state index in [1.807, 2.05) is 23.0 Å². The Morgan fingerprint density at radius 3 is 3.08 bits per heavy atom. The molecule has 0 aromatic carbocycles. The molecule has 4 heterocycles. The molecule has 0 aliphatic carbocycles. The molecule has 0 radical (unpaired) electrons. The van der Waals surface area contributed by atoms with Crippen molar-refractivity contribution in [3.63, 3.8) is 0 Å². The normalized spacial score (nSPS) is 18.3.